The van der Waals surface area contributed by atoms with Gasteiger partial charge in [0, 0.05) is 11.6 Å². The number of methoxy groups -OCH3 is 1. The molecular formula is C7H6BrN3O. The lowest BCUT2D eigenvalue weighted by Gasteiger charge is -2.00. The van der Waals surface area contributed by atoms with E-state index in [1.165, 1.54) is 0 Å². The number of rotatable bonds is 1. The molecule has 0 amide bonds. The first kappa shape index (κ1) is 7.54. The number of ether oxygens (including phenoxy) is 1. The maximum Gasteiger partial charge on any atom is 0.229 e. The Morgan fingerprint density at radius 1 is 1.50 bits per heavy atom. The zero-order valence-electron chi connectivity index (χ0n) is 6.34. The van der Waals surface area contributed by atoms with Crippen molar-refractivity contribution < 1.29 is 4.74 Å². The van der Waals surface area contributed by atoms with Gasteiger partial charge in [-0.2, -0.15) is 5.10 Å². The largest absolute Gasteiger partial charge is 0.480 e. The Bertz CT molecular complexity index is 412. The molecule has 0 bridgehead atoms. The fourth-order valence-corrected chi connectivity index (χ4v) is 1.59. The second kappa shape index (κ2) is 2.75. The van der Waals surface area contributed by atoms with Gasteiger partial charge in [-0.1, -0.05) is 0 Å². The lowest BCUT2D eigenvalue weighted by molar-refractivity contribution is 0.396. The van der Waals surface area contributed by atoms with Crippen molar-refractivity contribution in [2.24, 2.45) is 0 Å². The fourth-order valence-electron chi connectivity index (χ4n) is 1.00. The van der Waals surface area contributed by atoms with Crippen LogP contribution in [0.5, 0.6) is 5.88 Å². The summed E-state index contributed by atoms with van der Waals surface area (Å²) < 4.78 is 5.82. The number of hydrogen-bond donors (Lipinski definition) is 1. The van der Waals surface area contributed by atoms with Gasteiger partial charge in [-0.3, -0.25) is 5.10 Å². The second-order valence-electron chi connectivity index (χ2n) is 2.28. The summed E-state index contributed by atoms with van der Waals surface area (Å²) in [7, 11) is 1.58. The van der Waals surface area contributed by atoms with Crippen LogP contribution in [0.2, 0.25) is 0 Å². The predicted octanol–water partition coefficient (Wildman–Crippen LogP) is 1.73. The van der Waals surface area contributed by atoms with Crippen molar-refractivity contribution in [2.45, 2.75) is 0 Å². The minimum atomic E-state index is 0.562. The Kier molecular flexibility index (Phi) is 1.73. The lowest BCUT2D eigenvalue weighted by Crippen LogP contribution is -1.88. The normalized spacial score (nSPS) is 10.5. The first-order chi connectivity index (χ1) is 5.83. The zero-order chi connectivity index (χ0) is 8.55. The van der Waals surface area contributed by atoms with Crippen LogP contribution in [0.1, 0.15) is 0 Å². The monoisotopic (exact) mass is 227 g/mol. The summed E-state index contributed by atoms with van der Waals surface area (Å²) in [5.41, 5.74) is 0.904. The van der Waals surface area contributed by atoms with Gasteiger partial charge < -0.3 is 4.74 Å². The third-order valence-corrected chi connectivity index (χ3v) is 2.33. The first-order valence-corrected chi connectivity index (χ1v) is 4.14. The number of aromatic nitrogens is 3. The van der Waals surface area contributed by atoms with E-state index in [2.05, 4.69) is 31.1 Å². The van der Waals surface area contributed by atoms with Crippen molar-refractivity contribution in [1.29, 1.82) is 0 Å². The smallest absolute Gasteiger partial charge is 0.229 e. The molecule has 0 spiro atoms. The molecule has 2 heterocycles. The minimum absolute atomic E-state index is 0.562. The van der Waals surface area contributed by atoms with Crippen molar-refractivity contribution in [3.63, 3.8) is 0 Å². The topological polar surface area (TPSA) is 50.8 Å². The van der Waals surface area contributed by atoms with Crippen LogP contribution < -0.4 is 4.74 Å². The average molecular weight is 228 g/mol. The lowest BCUT2D eigenvalue weighted by atomic mass is 10.3. The Balaban J connectivity index is 2.78. The van der Waals surface area contributed by atoms with Gasteiger partial charge in [-0.15, -0.1) is 0 Å². The molecule has 12 heavy (non-hydrogen) atoms. The molecule has 1 N–H and O–H groups in total. The van der Waals surface area contributed by atoms with E-state index in [0.29, 0.717) is 5.88 Å². The van der Waals surface area contributed by atoms with Gasteiger partial charge in [-0.05, 0) is 15.9 Å². The highest BCUT2D eigenvalue weighted by molar-refractivity contribution is 9.10. The molecule has 0 atom stereocenters. The first-order valence-electron chi connectivity index (χ1n) is 3.34. The van der Waals surface area contributed by atoms with Gasteiger partial charge in [0.2, 0.25) is 5.88 Å². The van der Waals surface area contributed by atoms with Crippen molar-refractivity contribution in [3.05, 3.63) is 16.9 Å². The number of aromatic amines is 1. The van der Waals surface area contributed by atoms with E-state index in [1.807, 2.05) is 0 Å². The zero-order valence-corrected chi connectivity index (χ0v) is 7.92. The molecule has 0 aliphatic heterocycles. The molecule has 4 nitrogen and oxygen atoms in total. The molecule has 0 fully saturated rings. The highest BCUT2D eigenvalue weighted by Crippen LogP contribution is 2.28. The highest BCUT2D eigenvalue weighted by atomic mass is 79.9. The van der Waals surface area contributed by atoms with Crippen molar-refractivity contribution >= 4 is 26.8 Å². The summed E-state index contributed by atoms with van der Waals surface area (Å²) in [5, 5.41) is 7.69. The SMILES string of the molecule is COc1ncc2cn[nH]c2c1Br. The van der Waals surface area contributed by atoms with Crippen LogP contribution in [0.4, 0.5) is 0 Å². The van der Waals surface area contributed by atoms with Crippen molar-refractivity contribution in [1.82, 2.24) is 15.2 Å². The van der Waals surface area contributed by atoms with Crippen LogP contribution in [-0.4, -0.2) is 22.3 Å². The quantitative estimate of drug-likeness (QED) is 0.808. The summed E-state index contributed by atoms with van der Waals surface area (Å²) in [6, 6.07) is 0. The van der Waals surface area contributed by atoms with Crippen LogP contribution in [-0.2, 0) is 0 Å². The summed E-state index contributed by atoms with van der Waals surface area (Å²) in [4.78, 5) is 4.07. The molecule has 0 aliphatic carbocycles. The minimum Gasteiger partial charge on any atom is -0.480 e. The van der Waals surface area contributed by atoms with Gasteiger partial charge in [0.05, 0.1) is 18.8 Å². The molecule has 0 saturated heterocycles. The van der Waals surface area contributed by atoms with Crippen LogP contribution in [0.15, 0.2) is 16.9 Å². The Morgan fingerprint density at radius 2 is 2.33 bits per heavy atom. The van der Waals surface area contributed by atoms with E-state index in [9.17, 15) is 0 Å². The van der Waals surface area contributed by atoms with Gasteiger partial charge in [0.1, 0.15) is 4.47 Å². The molecule has 2 rings (SSSR count). The van der Waals surface area contributed by atoms with E-state index in [0.717, 1.165) is 15.4 Å². The Hall–Kier alpha value is -1.10. The molecule has 0 aromatic carbocycles. The van der Waals surface area contributed by atoms with E-state index in [4.69, 9.17) is 4.74 Å². The fraction of sp³-hybridized carbons (Fsp3) is 0.143. The molecule has 2 aromatic rings. The van der Waals surface area contributed by atoms with Crippen molar-refractivity contribution in [3.8, 4) is 5.88 Å². The van der Waals surface area contributed by atoms with Crippen LogP contribution >= 0.6 is 15.9 Å². The van der Waals surface area contributed by atoms with Gasteiger partial charge in [-0.25, -0.2) is 4.98 Å². The third kappa shape index (κ3) is 0.972. The maximum absolute atomic E-state index is 5.02. The molecule has 0 saturated carbocycles. The number of fused-ring (bicyclic) bond motifs is 1. The van der Waals surface area contributed by atoms with Gasteiger partial charge in [0.15, 0.2) is 0 Å². The summed E-state index contributed by atoms with van der Waals surface area (Å²) >= 11 is 3.36. The highest BCUT2D eigenvalue weighted by Gasteiger charge is 2.07. The van der Waals surface area contributed by atoms with Crippen LogP contribution in [0, 0.1) is 0 Å². The molecule has 0 unspecified atom stereocenters. The molecule has 2 aromatic heterocycles. The number of nitrogens with one attached hydrogen (secondary N) is 1. The van der Waals surface area contributed by atoms with Crippen molar-refractivity contribution in [2.75, 3.05) is 7.11 Å². The Labute approximate surface area is 77.1 Å². The molecule has 0 radical (unpaired) electrons. The summed E-state index contributed by atoms with van der Waals surface area (Å²) in [5.74, 6) is 0.562. The standard InChI is InChI=1S/C7H6BrN3O/c1-12-7-5(8)6-4(2-9-7)3-10-11-6/h2-3H,1H3,(H,10,11). The second-order valence-corrected chi connectivity index (χ2v) is 3.07. The number of nitrogens with zero attached hydrogens (tertiary/aromatic N) is 2. The average Bonchev–Trinajstić information content (AvgIpc) is 2.53. The molecule has 5 heteroatoms. The molecular weight excluding hydrogens is 222 g/mol. The van der Waals surface area contributed by atoms with E-state index in [-0.39, 0.29) is 0 Å². The summed E-state index contributed by atoms with van der Waals surface area (Å²) in [6.07, 6.45) is 3.43. The maximum atomic E-state index is 5.02. The van der Waals surface area contributed by atoms with E-state index in [1.54, 1.807) is 19.5 Å². The number of pyridine rings is 1. The van der Waals surface area contributed by atoms with E-state index >= 15 is 0 Å². The number of H-pyrrole nitrogens is 1. The van der Waals surface area contributed by atoms with E-state index < -0.39 is 0 Å². The molecule has 62 valence electrons. The number of hydrogen-bond acceptors (Lipinski definition) is 3. The van der Waals surface area contributed by atoms with Gasteiger partial charge >= 0.3 is 0 Å². The van der Waals surface area contributed by atoms with Crippen LogP contribution in [0.3, 0.4) is 0 Å². The molecule has 0 aliphatic rings. The van der Waals surface area contributed by atoms with Crippen LogP contribution in [0.25, 0.3) is 10.9 Å². The number of halogens is 1. The predicted molar refractivity (Wildman–Crippen MR) is 48.1 cm³/mol. The third-order valence-electron chi connectivity index (χ3n) is 1.59. The Morgan fingerprint density at radius 3 is 3.08 bits per heavy atom. The summed E-state index contributed by atoms with van der Waals surface area (Å²) in [6.45, 7) is 0. The van der Waals surface area contributed by atoms with Gasteiger partial charge in [0.25, 0.3) is 0 Å².